The van der Waals surface area contributed by atoms with Crippen molar-refractivity contribution in [3.63, 3.8) is 0 Å². The van der Waals surface area contributed by atoms with Crippen LogP contribution in [0.1, 0.15) is 53.1 Å². The van der Waals surface area contributed by atoms with E-state index in [1.165, 1.54) is 11.1 Å². The second-order valence-electron chi connectivity index (χ2n) is 8.04. The summed E-state index contributed by atoms with van der Waals surface area (Å²) < 4.78 is 1.74. The highest BCUT2D eigenvalue weighted by Crippen LogP contribution is 2.45. The van der Waals surface area contributed by atoms with E-state index in [1.807, 2.05) is 25.2 Å². The van der Waals surface area contributed by atoms with Gasteiger partial charge in [-0.2, -0.15) is 0 Å². The number of benzene rings is 2. The van der Waals surface area contributed by atoms with E-state index < -0.39 is 0 Å². The van der Waals surface area contributed by atoms with Gasteiger partial charge in [0.2, 0.25) is 0 Å². The van der Waals surface area contributed by atoms with E-state index in [1.54, 1.807) is 4.68 Å². The minimum atomic E-state index is 0.151. The Bertz CT molecular complexity index is 1010. The Balaban J connectivity index is 1.37. The number of carbonyl (C=O) groups excluding carboxylic acids is 1. The van der Waals surface area contributed by atoms with Gasteiger partial charge in [-0.25, -0.2) is 4.68 Å². The van der Waals surface area contributed by atoms with Crippen LogP contribution >= 0.6 is 0 Å². The normalized spacial score (nSPS) is 21.9. The Morgan fingerprint density at radius 1 is 1.11 bits per heavy atom. The van der Waals surface area contributed by atoms with E-state index >= 15 is 0 Å². The smallest absolute Gasteiger partial charge is 0.254 e. The van der Waals surface area contributed by atoms with Crippen molar-refractivity contribution in [1.29, 1.82) is 0 Å². The average molecular weight is 360 g/mol. The maximum absolute atomic E-state index is 13.3. The van der Waals surface area contributed by atoms with E-state index in [9.17, 15) is 4.79 Å². The number of fused-ring (bicyclic) bond motifs is 1. The van der Waals surface area contributed by atoms with Gasteiger partial charge in [-0.1, -0.05) is 29.5 Å². The van der Waals surface area contributed by atoms with Crippen LogP contribution in [0.3, 0.4) is 0 Å². The van der Waals surface area contributed by atoms with E-state index in [0.29, 0.717) is 18.0 Å². The summed E-state index contributed by atoms with van der Waals surface area (Å²) in [6.45, 7) is 2.18. The lowest BCUT2D eigenvalue weighted by molar-refractivity contribution is 0.0517. The quantitative estimate of drug-likeness (QED) is 0.710. The highest BCUT2D eigenvalue weighted by Gasteiger charge is 2.44. The molecule has 27 heavy (non-hydrogen) atoms. The fraction of sp³-hybridized carbons (Fsp3) is 0.409. The van der Waals surface area contributed by atoms with Crippen LogP contribution < -0.4 is 0 Å². The van der Waals surface area contributed by atoms with Crippen molar-refractivity contribution in [2.45, 2.75) is 50.6 Å². The topological polar surface area (TPSA) is 51.0 Å². The van der Waals surface area contributed by atoms with Gasteiger partial charge >= 0.3 is 0 Å². The summed E-state index contributed by atoms with van der Waals surface area (Å²) in [5, 5.41) is 8.21. The number of aromatic nitrogens is 3. The van der Waals surface area contributed by atoms with Gasteiger partial charge in [0, 0.05) is 24.7 Å². The summed E-state index contributed by atoms with van der Waals surface area (Å²) in [5.74, 6) is 0.728. The van der Waals surface area contributed by atoms with Gasteiger partial charge in [0.15, 0.2) is 0 Å². The van der Waals surface area contributed by atoms with Crippen molar-refractivity contribution < 1.29 is 4.79 Å². The molecule has 138 valence electrons. The van der Waals surface area contributed by atoms with Gasteiger partial charge in [-0.05, 0) is 67.9 Å². The Labute approximate surface area is 159 Å². The van der Waals surface area contributed by atoms with Crippen LogP contribution in [0.15, 0.2) is 42.5 Å². The van der Waals surface area contributed by atoms with Crippen molar-refractivity contribution >= 4 is 16.9 Å². The maximum atomic E-state index is 13.3. The lowest BCUT2D eigenvalue weighted by Gasteiger charge is -2.44. The minimum Gasteiger partial charge on any atom is -0.333 e. The fourth-order valence-electron chi connectivity index (χ4n) is 4.42. The lowest BCUT2D eigenvalue weighted by Crippen LogP contribution is -2.48. The summed E-state index contributed by atoms with van der Waals surface area (Å²) in [7, 11) is 1.87. The SMILES string of the molecule is Cc1ccccc1C1CC(N(C(=O)c2ccc3c(c2)nnn3C)C2CC2)C1. The minimum absolute atomic E-state index is 0.151. The Morgan fingerprint density at radius 2 is 1.89 bits per heavy atom. The molecule has 0 bridgehead atoms. The predicted molar refractivity (Wildman–Crippen MR) is 105 cm³/mol. The molecule has 0 unspecified atom stereocenters. The van der Waals surface area contributed by atoms with Gasteiger partial charge < -0.3 is 4.90 Å². The number of hydrogen-bond donors (Lipinski definition) is 0. The van der Waals surface area contributed by atoms with E-state index in [2.05, 4.69) is 46.4 Å². The number of nitrogens with zero attached hydrogens (tertiary/aromatic N) is 4. The Hall–Kier alpha value is -2.69. The third-order valence-corrected chi connectivity index (χ3v) is 6.17. The molecule has 0 radical (unpaired) electrons. The van der Waals surface area contributed by atoms with Gasteiger partial charge in [0.1, 0.15) is 5.52 Å². The van der Waals surface area contributed by atoms with Crippen LogP contribution in [-0.2, 0) is 7.05 Å². The highest BCUT2D eigenvalue weighted by molar-refractivity contribution is 5.97. The summed E-state index contributed by atoms with van der Waals surface area (Å²) in [5.41, 5.74) is 5.27. The van der Waals surface area contributed by atoms with Crippen LogP contribution in [-0.4, -0.2) is 37.9 Å². The van der Waals surface area contributed by atoms with Crippen molar-refractivity contribution in [1.82, 2.24) is 19.9 Å². The maximum Gasteiger partial charge on any atom is 0.254 e. The first kappa shape index (κ1) is 16.5. The number of amides is 1. The molecule has 2 aliphatic carbocycles. The molecule has 1 amide bonds. The first-order valence-corrected chi connectivity index (χ1v) is 9.79. The van der Waals surface area contributed by atoms with Crippen LogP contribution in [0.5, 0.6) is 0 Å². The number of carbonyl (C=O) groups is 1. The zero-order valence-corrected chi connectivity index (χ0v) is 15.8. The molecule has 1 heterocycles. The van der Waals surface area contributed by atoms with Crippen LogP contribution in [0.25, 0.3) is 11.0 Å². The first-order chi connectivity index (χ1) is 13.1. The summed E-state index contributed by atoms with van der Waals surface area (Å²) in [6.07, 6.45) is 4.40. The monoisotopic (exact) mass is 360 g/mol. The Kier molecular flexibility index (Phi) is 3.78. The fourth-order valence-corrected chi connectivity index (χ4v) is 4.42. The molecular weight excluding hydrogens is 336 g/mol. The number of hydrogen-bond acceptors (Lipinski definition) is 3. The van der Waals surface area contributed by atoms with Gasteiger partial charge in [0.25, 0.3) is 5.91 Å². The standard InChI is InChI=1S/C22H24N4O/c1-14-5-3-4-6-19(14)16-11-18(12-16)26(17-8-9-17)22(27)15-7-10-21-20(13-15)23-24-25(21)2/h3-7,10,13,16-18H,8-9,11-12H2,1-2H3. The van der Waals surface area contributed by atoms with Crippen LogP contribution in [0, 0.1) is 6.92 Å². The van der Waals surface area contributed by atoms with Crippen molar-refractivity contribution in [2.75, 3.05) is 0 Å². The molecule has 0 atom stereocenters. The number of rotatable bonds is 4. The van der Waals surface area contributed by atoms with Crippen LogP contribution in [0.4, 0.5) is 0 Å². The molecule has 1 aromatic heterocycles. The zero-order valence-electron chi connectivity index (χ0n) is 15.8. The molecule has 0 saturated heterocycles. The summed E-state index contributed by atoms with van der Waals surface area (Å²) in [4.78, 5) is 15.5. The molecule has 3 aromatic rings. The number of aryl methyl sites for hydroxylation is 2. The van der Waals surface area contributed by atoms with E-state index in [-0.39, 0.29) is 5.91 Å². The van der Waals surface area contributed by atoms with Crippen molar-refractivity contribution in [3.05, 3.63) is 59.2 Å². The lowest BCUT2D eigenvalue weighted by atomic mass is 9.73. The van der Waals surface area contributed by atoms with Gasteiger partial charge in [-0.3, -0.25) is 4.79 Å². The average Bonchev–Trinajstić information content (AvgIpc) is 3.41. The summed E-state index contributed by atoms with van der Waals surface area (Å²) in [6, 6.07) is 15.2. The molecule has 2 aliphatic rings. The molecule has 5 rings (SSSR count). The molecule has 5 nitrogen and oxygen atoms in total. The van der Waals surface area contributed by atoms with Crippen molar-refractivity contribution in [2.24, 2.45) is 7.05 Å². The van der Waals surface area contributed by atoms with Crippen molar-refractivity contribution in [3.8, 4) is 0 Å². The Morgan fingerprint density at radius 3 is 2.63 bits per heavy atom. The first-order valence-electron chi connectivity index (χ1n) is 9.79. The second kappa shape index (κ2) is 6.19. The van der Waals surface area contributed by atoms with E-state index in [0.717, 1.165) is 42.3 Å². The zero-order chi connectivity index (χ0) is 18.5. The molecule has 5 heteroatoms. The molecule has 0 aliphatic heterocycles. The molecule has 2 fully saturated rings. The molecule has 2 saturated carbocycles. The van der Waals surface area contributed by atoms with E-state index in [4.69, 9.17) is 0 Å². The van der Waals surface area contributed by atoms with Gasteiger partial charge in [0.05, 0.1) is 5.52 Å². The third-order valence-electron chi connectivity index (χ3n) is 6.17. The van der Waals surface area contributed by atoms with Gasteiger partial charge in [-0.15, -0.1) is 5.10 Å². The highest BCUT2D eigenvalue weighted by atomic mass is 16.2. The molecule has 0 spiro atoms. The largest absolute Gasteiger partial charge is 0.333 e. The molecular formula is C22H24N4O. The predicted octanol–water partition coefficient (Wildman–Crippen LogP) is 3.83. The third kappa shape index (κ3) is 2.82. The van der Waals surface area contributed by atoms with Crippen LogP contribution in [0.2, 0.25) is 0 Å². The molecule has 0 N–H and O–H groups in total. The second-order valence-corrected chi connectivity index (χ2v) is 8.04. The summed E-state index contributed by atoms with van der Waals surface area (Å²) >= 11 is 0. The molecule has 2 aromatic carbocycles.